The van der Waals surface area contributed by atoms with Crippen LogP contribution in [0.4, 0.5) is 26.3 Å². The highest BCUT2D eigenvalue weighted by Crippen LogP contribution is 2.34. The van der Waals surface area contributed by atoms with Crippen LogP contribution in [-0.2, 0) is 20.9 Å². The molecule has 1 aliphatic carbocycles. The predicted octanol–water partition coefficient (Wildman–Crippen LogP) is 3.92. The number of halogens is 6. The largest absolute Gasteiger partial charge is 0.490 e. The normalized spacial score (nSPS) is 21.5. The molecule has 0 radical (unpaired) electrons. The zero-order chi connectivity index (χ0) is 27.8. The maximum atomic E-state index is 10.6. The molecule has 206 valence electrons. The monoisotopic (exact) mass is 559 g/mol. The number of morpholine rings is 1. The van der Waals surface area contributed by atoms with Crippen molar-refractivity contribution in [1.29, 1.82) is 0 Å². The molecule has 2 N–H and O–H groups in total. The summed E-state index contributed by atoms with van der Waals surface area (Å²) in [6.45, 7) is 4.80. The van der Waals surface area contributed by atoms with Crippen molar-refractivity contribution in [1.82, 2.24) is 14.9 Å². The van der Waals surface area contributed by atoms with Gasteiger partial charge >= 0.3 is 24.3 Å². The lowest BCUT2D eigenvalue weighted by molar-refractivity contribution is -0.193. The first-order valence-electron chi connectivity index (χ1n) is 10.6. The molecule has 16 heteroatoms. The molecule has 3 heterocycles. The molecular weight excluding hydrogens is 536 g/mol. The SMILES string of the molecule is Cc1ncsc1CN1CCO[C@H]2[C@H](Oc3ccccn3)CC[C@@H]21.O=C(O)C(F)(F)F.O=C(O)C(F)(F)F. The molecule has 37 heavy (non-hydrogen) atoms. The Morgan fingerprint density at radius 3 is 2.22 bits per heavy atom. The zero-order valence-electron chi connectivity index (χ0n) is 19.2. The van der Waals surface area contributed by atoms with Crippen molar-refractivity contribution in [2.45, 2.75) is 56.9 Å². The summed E-state index contributed by atoms with van der Waals surface area (Å²) in [4.78, 5) is 30.3. The fourth-order valence-corrected chi connectivity index (χ4v) is 4.35. The van der Waals surface area contributed by atoms with Gasteiger partial charge in [0.2, 0.25) is 5.88 Å². The van der Waals surface area contributed by atoms with Gasteiger partial charge in [-0.25, -0.2) is 19.6 Å². The molecule has 1 saturated carbocycles. The van der Waals surface area contributed by atoms with Crippen LogP contribution in [0.25, 0.3) is 0 Å². The number of carboxylic acids is 2. The van der Waals surface area contributed by atoms with E-state index in [4.69, 9.17) is 29.3 Å². The van der Waals surface area contributed by atoms with Crippen molar-refractivity contribution in [3.8, 4) is 5.88 Å². The maximum absolute atomic E-state index is 10.6. The second-order valence-corrected chi connectivity index (χ2v) is 8.68. The number of carbonyl (C=O) groups is 2. The molecule has 0 bridgehead atoms. The topological polar surface area (TPSA) is 122 Å². The average molecular weight is 559 g/mol. The van der Waals surface area contributed by atoms with Crippen molar-refractivity contribution in [2.75, 3.05) is 13.2 Å². The van der Waals surface area contributed by atoms with Gasteiger partial charge in [0, 0.05) is 36.3 Å². The molecule has 2 aliphatic rings. The standard InChI is InChI=1S/C17H21N3O2S.2C2HF3O2/c1-12-15(23-11-19-12)10-20-8-9-21-17-13(20)5-6-14(17)22-16-4-2-3-7-18-16;2*3-2(4,5)1(6)7/h2-4,7,11,13-14,17H,5-6,8-10H2,1H3;2*(H,6,7)/t13-,14+,17+;;/m0../s1. The fraction of sp³-hybridized carbons (Fsp3) is 0.524. The second-order valence-electron chi connectivity index (χ2n) is 7.74. The van der Waals surface area contributed by atoms with E-state index in [1.54, 1.807) is 17.5 Å². The van der Waals surface area contributed by atoms with Gasteiger partial charge in [0.05, 0.1) is 17.8 Å². The average Bonchev–Trinajstić information content (AvgIpc) is 3.41. The highest BCUT2D eigenvalue weighted by molar-refractivity contribution is 7.09. The predicted molar refractivity (Wildman–Crippen MR) is 116 cm³/mol. The summed E-state index contributed by atoms with van der Waals surface area (Å²) in [7, 11) is 0. The van der Waals surface area contributed by atoms with Gasteiger partial charge in [-0.3, -0.25) is 4.90 Å². The number of carboxylic acid groups (broad SMARTS) is 2. The molecule has 0 unspecified atom stereocenters. The molecule has 2 aromatic heterocycles. The second kappa shape index (κ2) is 13.0. The van der Waals surface area contributed by atoms with Crippen LogP contribution in [0.3, 0.4) is 0 Å². The lowest BCUT2D eigenvalue weighted by Crippen LogP contribution is -2.51. The van der Waals surface area contributed by atoms with E-state index in [-0.39, 0.29) is 12.2 Å². The first kappa shape index (κ1) is 30.2. The number of ether oxygens (including phenoxy) is 2. The van der Waals surface area contributed by atoms with E-state index >= 15 is 0 Å². The van der Waals surface area contributed by atoms with Crippen molar-refractivity contribution in [3.05, 3.63) is 40.5 Å². The van der Waals surface area contributed by atoms with Gasteiger partial charge in [-0.1, -0.05) is 6.07 Å². The Kier molecular flexibility index (Phi) is 10.6. The van der Waals surface area contributed by atoms with Crippen molar-refractivity contribution >= 4 is 23.3 Å². The number of aliphatic carboxylic acids is 2. The van der Waals surface area contributed by atoms with Crippen molar-refractivity contribution < 1.29 is 55.6 Å². The molecule has 0 spiro atoms. The van der Waals surface area contributed by atoms with Crippen LogP contribution >= 0.6 is 11.3 Å². The third kappa shape index (κ3) is 9.44. The van der Waals surface area contributed by atoms with Gasteiger partial charge in [-0.2, -0.15) is 26.3 Å². The van der Waals surface area contributed by atoms with Crippen LogP contribution in [0.2, 0.25) is 0 Å². The highest BCUT2D eigenvalue weighted by Gasteiger charge is 2.44. The van der Waals surface area contributed by atoms with Crippen LogP contribution in [0.1, 0.15) is 23.4 Å². The van der Waals surface area contributed by atoms with Crippen LogP contribution in [0.5, 0.6) is 5.88 Å². The number of hydrogen-bond donors (Lipinski definition) is 2. The van der Waals surface area contributed by atoms with Gasteiger partial charge < -0.3 is 19.7 Å². The van der Waals surface area contributed by atoms with Crippen molar-refractivity contribution in [3.63, 3.8) is 0 Å². The zero-order valence-corrected chi connectivity index (χ0v) is 20.0. The summed E-state index contributed by atoms with van der Waals surface area (Å²) in [6.07, 6.45) is -6.04. The summed E-state index contributed by atoms with van der Waals surface area (Å²) < 4.78 is 75.6. The van der Waals surface area contributed by atoms with Crippen molar-refractivity contribution in [2.24, 2.45) is 0 Å². The summed E-state index contributed by atoms with van der Waals surface area (Å²) in [5, 5.41) is 14.2. The first-order valence-corrected chi connectivity index (χ1v) is 11.5. The maximum Gasteiger partial charge on any atom is 0.490 e. The summed E-state index contributed by atoms with van der Waals surface area (Å²) in [6, 6.07) is 6.20. The van der Waals surface area contributed by atoms with E-state index in [1.165, 1.54) is 4.88 Å². The number of pyridine rings is 1. The smallest absolute Gasteiger partial charge is 0.475 e. The number of hydrogen-bond acceptors (Lipinski definition) is 8. The third-order valence-corrected chi connectivity index (χ3v) is 6.16. The number of thiazole rings is 1. The molecule has 1 saturated heterocycles. The number of nitrogens with zero attached hydrogens (tertiary/aromatic N) is 3. The Morgan fingerprint density at radius 2 is 1.73 bits per heavy atom. The van der Waals surface area contributed by atoms with Gasteiger partial charge in [-0.05, 0) is 25.8 Å². The molecule has 2 aromatic rings. The van der Waals surface area contributed by atoms with Crippen LogP contribution in [0, 0.1) is 6.92 Å². The number of fused-ring (bicyclic) bond motifs is 1. The van der Waals surface area contributed by atoms with E-state index in [9.17, 15) is 26.3 Å². The van der Waals surface area contributed by atoms with E-state index in [0.717, 1.165) is 38.2 Å². The molecule has 1 aliphatic heterocycles. The summed E-state index contributed by atoms with van der Waals surface area (Å²) in [5.41, 5.74) is 3.09. The molecule has 9 nitrogen and oxygen atoms in total. The minimum atomic E-state index is -5.08. The Morgan fingerprint density at radius 1 is 1.11 bits per heavy atom. The Labute approximate surface area is 210 Å². The number of aromatic nitrogens is 2. The minimum Gasteiger partial charge on any atom is -0.475 e. The molecule has 2 fully saturated rings. The summed E-state index contributed by atoms with van der Waals surface area (Å²) in [5.74, 6) is -4.82. The van der Waals surface area contributed by atoms with E-state index in [1.807, 2.05) is 23.7 Å². The van der Waals surface area contributed by atoms with Crippen LogP contribution in [-0.4, -0.2) is 80.8 Å². The van der Waals surface area contributed by atoms with E-state index in [0.29, 0.717) is 11.9 Å². The van der Waals surface area contributed by atoms with Gasteiger partial charge in [0.25, 0.3) is 0 Å². The lowest BCUT2D eigenvalue weighted by Gasteiger charge is -2.38. The Hall–Kier alpha value is -2.98. The summed E-state index contributed by atoms with van der Waals surface area (Å²) >= 11 is 1.75. The molecule has 4 rings (SSSR count). The number of aryl methyl sites for hydroxylation is 1. The van der Waals surface area contributed by atoms with Crippen LogP contribution in [0.15, 0.2) is 29.9 Å². The van der Waals surface area contributed by atoms with Gasteiger partial charge in [-0.15, -0.1) is 11.3 Å². The molecular formula is C21H23F6N3O6S. The molecule has 0 amide bonds. The molecule has 0 aromatic carbocycles. The number of rotatable bonds is 4. The van der Waals surface area contributed by atoms with Crippen LogP contribution < -0.4 is 4.74 Å². The third-order valence-electron chi connectivity index (χ3n) is 5.24. The van der Waals surface area contributed by atoms with Gasteiger partial charge in [0.1, 0.15) is 12.2 Å². The lowest BCUT2D eigenvalue weighted by atomic mass is 10.1. The number of alkyl halides is 6. The highest BCUT2D eigenvalue weighted by atomic mass is 32.1. The first-order chi connectivity index (χ1) is 17.2. The minimum absolute atomic E-state index is 0.0975. The van der Waals surface area contributed by atoms with E-state index < -0.39 is 24.3 Å². The van der Waals surface area contributed by atoms with E-state index in [2.05, 4.69) is 21.8 Å². The van der Waals surface area contributed by atoms with Gasteiger partial charge in [0.15, 0.2) is 0 Å². The fourth-order valence-electron chi connectivity index (χ4n) is 3.55. The quantitative estimate of drug-likeness (QED) is 0.537. The molecule has 3 atom stereocenters. The Bertz CT molecular complexity index is 996. The Balaban J connectivity index is 0.000000286.